The van der Waals surface area contributed by atoms with Gasteiger partial charge < -0.3 is 10.2 Å². The van der Waals surface area contributed by atoms with Crippen LogP contribution in [0.3, 0.4) is 0 Å². The molecule has 0 unspecified atom stereocenters. The third kappa shape index (κ3) is 5.00. The molecule has 0 saturated carbocycles. The minimum absolute atomic E-state index is 0.131. The Labute approximate surface area is 138 Å². The maximum Gasteiger partial charge on any atom is 0.265 e. The predicted molar refractivity (Wildman–Crippen MR) is 92.2 cm³/mol. The Morgan fingerprint density at radius 1 is 1.23 bits per heavy atom. The van der Waals surface area contributed by atoms with Gasteiger partial charge in [-0.25, -0.2) is 0 Å². The number of halogens is 1. The van der Waals surface area contributed by atoms with Gasteiger partial charge in [0.25, 0.3) is 5.91 Å². The molecule has 4 nitrogen and oxygen atoms in total. The smallest absolute Gasteiger partial charge is 0.265 e. The number of hydrogen-bond donors (Lipinski definition) is 1. The fraction of sp³-hybridized carbons (Fsp3) is 0.176. The third-order valence-corrected chi connectivity index (χ3v) is 3.59. The van der Waals surface area contributed by atoms with E-state index in [9.17, 15) is 4.79 Å². The van der Waals surface area contributed by atoms with Crippen LogP contribution >= 0.6 is 15.9 Å². The molecule has 22 heavy (non-hydrogen) atoms. The van der Waals surface area contributed by atoms with Gasteiger partial charge >= 0.3 is 0 Å². The summed E-state index contributed by atoms with van der Waals surface area (Å²) < 4.78 is 0.919. The summed E-state index contributed by atoms with van der Waals surface area (Å²) in [4.78, 5) is 16.8. The highest BCUT2D eigenvalue weighted by Crippen LogP contribution is 2.14. The average molecular weight is 361 g/mol. The predicted octanol–water partition coefficient (Wildman–Crippen LogP) is 4.06. The van der Waals surface area contributed by atoms with E-state index in [0.717, 1.165) is 26.9 Å². The van der Waals surface area contributed by atoms with Gasteiger partial charge in [0.2, 0.25) is 0 Å². The summed E-state index contributed by atoms with van der Waals surface area (Å²) in [5, 5.41) is 6.59. The van der Waals surface area contributed by atoms with Gasteiger partial charge in [-0.2, -0.15) is 0 Å². The molecule has 2 aromatic carbocycles. The largest absolute Gasteiger partial charge is 0.386 e. The van der Waals surface area contributed by atoms with Crippen LogP contribution in [0, 0.1) is 13.8 Å². The molecule has 0 atom stereocenters. The van der Waals surface area contributed by atoms with E-state index in [2.05, 4.69) is 26.4 Å². The third-order valence-electron chi connectivity index (χ3n) is 2.87. The fourth-order valence-electron chi connectivity index (χ4n) is 2.01. The van der Waals surface area contributed by atoms with Crippen LogP contribution in [-0.4, -0.2) is 18.7 Å². The van der Waals surface area contributed by atoms with Crippen molar-refractivity contribution in [2.24, 2.45) is 5.16 Å². The number of amides is 1. The molecule has 2 rings (SSSR count). The van der Waals surface area contributed by atoms with Crippen molar-refractivity contribution in [2.45, 2.75) is 13.8 Å². The Kier molecular flexibility index (Phi) is 5.72. The highest BCUT2D eigenvalue weighted by atomic mass is 79.9. The van der Waals surface area contributed by atoms with Crippen LogP contribution in [0.5, 0.6) is 0 Å². The van der Waals surface area contributed by atoms with Crippen molar-refractivity contribution in [2.75, 3.05) is 11.9 Å². The van der Waals surface area contributed by atoms with Crippen LogP contribution in [0.4, 0.5) is 5.69 Å². The molecule has 0 bridgehead atoms. The van der Waals surface area contributed by atoms with Crippen molar-refractivity contribution >= 4 is 33.7 Å². The second-order valence-corrected chi connectivity index (χ2v) is 5.81. The number of aryl methyl sites for hydroxylation is 2. The molecule has 5 heteroatoms. The Bertz CT molecular complexity index is 679. The van der Waals surface area contributed by atoms with E-state index in [1.54, 1.807) is 6.21 Å². The molecule has 0 radical (unpaired) electrons. The van der Waals surface area contributed by atoms with E-state index in [0.29, 0.717) is 0 Å². The Balaban J connectivity index is 1.84. The number of nitrogens with one attached hydrogen (secondary N) is 1. The molecule has 0 aliphatic rings. The molecule has 0 saturated heterocycles. The van der Waals surface area contributed by atoms with Gasteiger partial charge in [-0.15, -0.1) is 0 Å². The summed E-state index contributed by atoms with van der Waals surface area (Å²) >= 11 is 3.41. The van der Waals surface area contributed by atoms with Gasteiger partial charge in [0.15, 0.2) is 6.61 Å². The molecule has 2 aromatic rings. The molecule has 114 valence electrons. The molecule has 0 aliphatic heterocycles. The molecule has 0 aromatic heterocycles. The number of nitrogens with zero attached hydrogens (tertiary/aromatic N) is 1. The average Bonchev–Trinajstić information content (AvgIpc) is 2.44. The number of carbonyl (C=O) groups is 1. The second-order valence-electron chi connectivity index (χ2n) is 4.95. The van der Waals surface area contributed by atoms with Crippen LogP contribution in [0.1, 0.15) is 16.7 Å². The first-order valence-electron chi connectivity index (χ1n) is 6.82. The summed E-state index contributed by atoms with van der Waals surface area (Å²) in [6.07, 6.45) is 1.56. The van der Waals surface area contributed by atoms with E-state index < -0.39 is 0 Å². The lowest BCUT2D eigenvalue weighted by Crippen LogP contribution is -2.17. The standard InChI is InChI=1S/C17H17BrN2O2/c1-12-7-13(2)9-15(8-12)20-17(21)11-22-19-10-14-5-3-4-6-16(14)18/h3-10H,11H2,1-2H3,(H,20,21)/b19-10-. The lowest BCUT2D eigenvalue weighted by molar-refractivity contribution is -0.120. The second kappa shape index (κ2) is 7.75. The summed E-state index contributed by atoms with van der Waals surface area (Å²) in [7, 11) is 0. The zero-order valence-electron chi connectivity index (χ0n) is 12.5. The highest BCUT2D eigenvalue weighted by molar-refractivity contribution is 9.10. The van der Waals surface area contributed by atoms with Gasteiger partial charge in [-0.05, 0) is 43.2 Å². The van der Waals surface area contributed by atoms with Crippen LogP contribution in [0.15, 0.2) is 52.1 Å². The topological polar surface area (TPSA) is 50.7 Å². The molecule has 0 spiro atoms. The minimum Gasteiger partial charge on any atom is -0.386 e. The molecule has 1 amide bonds. The molecular formula is C17H17BrN2O2. The molecule has 0 fully saturated rings. The monoisotopic (exact) mass is 360 g/mol. The van der Waals surface area contributed by atoms with E-state index >= 15 is 0 Å². The van der Waals surface area contributed by atoms with Gasteiger partial charge in [-0.3, -0.25) is 4.79 Å². The Hall–Kier alpha value is -2.14. The normalized spacial score (nSPS) is 10.7. The number of anilines is 1. The van der Waals surface area contributed by atoms with Crippen molar-refractivity contribution in [1.29, 1.82) is 0 Å². The first-order valence-corrected chi connectivity index (χ1v) is 7.62. The summed E-state index contributed by atoms with van der Waals surface area (Å²) in [6, 6.07) is 13.5. The van der Waals surface area contributed by atoms with Crippen LogP contribution < -0.4 is 5.32 Å². The summed E-state index contributed by atoms with van der Waals surface area (Å²) in [5.74, 6) is -0.241. The molecular weight excluding hydrogens is 344 g/mol. The van der Waals surface area contributed by atoms with Crippen LogP contribution in [-0.2, 0) is 9.63 Å². The Morgan fingerprint density at radius 3 is 2.59 bits per heavy atom. The van der Waals surface area contributed by atoms with Crippen molar-refractivity contribution in [3.05, 3.63) is 63.6 Å². The molecule has 0 aliphatic carbocycles. The molecule has 1 N–H and O–H groups in total. The lowest BCUT2D eigenvalue weighted by atomic mass is 10.1. The number of rotatable bonds is 5. The van der Waals surface area contributed by atoms with Gasteiger partial charge in [-0.1, -0.05) is 45.4 Å². The zero-order chi connectivity index (χ0) is 15.9. The van der Waals surface area contributed by atoms with E-state index in [-0.39, 0.29) is 12.5 Å². The number of carbonyl (C=O) groups excluding carboxylic acids is 1. The highest BCUT2D eigenvalue weighted by Gasteiger charge is 2.03. The van der Waals surface area contributed by atoms with Gasteiger partial charge in [0.05, 0.1) is 6.21 Å². The summed E-state index contributed by atoms with van der Waals surface area (Å²) in [6.45, 7) is 3.84. The lowest BCUT2D eigenvalue weighted by Gasteiger charge is -2.06. The van der Waals surface area contributed by atoms with Crippen molar-refractivity contribution < 1.29 is 9.63 Å². The van der Waals surface area contributed by atoms with E-state index in [1.165, 1.54) is 0 Å². The van der Waals surface area contributed by atoms with Crippen molar-refractivity contribution in [3.8, 4) is 0 Å². The quantitative estimate of drug-likeness (QED) is 0.645. The Morgan fingerprint density at radius 2 is 1.91 bits per heavy atom. The van der Waals surface area contributed by atoms with Crippen molar-refractivity contribution in [3.63, 3.8) is 0 Å². The summed E-state index contributed by atoms with van der Waals surface area (Å²) in [5.41, 5.74) is 3.85. The SMILES string of the molecule is Cc1cc(C)cc(NC(=O)CO/N=C\c2ccccc2Br)c1. The zero-order valence-corrected chi connectivity index (χ0v) is 14.1. The van der Waals surface area contributed by atoms with Gasteiger partial charge in [0, 0.05) is 15.7 Å². The number of hydrogen-bond acceptors (Lipinski definition) is 3. The van der Waals surface area contributed by atoms with E-state index in [1.807, 2.05) is 56.3 Å². The van der Waals surface area contributed by atoms with Crippen LogP contribution in [0.25, 0.3) is 0 Å². The van der Waals surface area contributed by atoms with Crippen molar-refractivity contribution in [1.82, 2.24) is 0 Å². The first kappa shape index (κ1) is 16.2. The van der Waals surface area contributed by atoms with Gasteiger partial charge in [0.1, 0.15) is 0 Å². The van der Waals surface area contributed by atoms with E-state index in [4.69, 9.17) is 4.84 Å². The number of oxime groups is 1. The molecule has 0 heterocycles. The maximum absolute atomic E-state index is 11.8. The first-order chi connectivity index (χ1) is 10.5. The van der Waals surface area contributed by atoms with Crippen LogP contribution in [0.2, 0.25) is 0 Å². The minimum atomic E-state index is -0.241. The maximum atomic E-state index is 11.8. The number of benzene rings is 2. The fourth-order valence-corrected chi connectivity index (χ4v) is 2.40.